The molecule has 2 N–H and O–H groups in total. The van der Waals surface area contributed by atoms with Gasteiger partial charge >= 0.3 is 0 Å². The van der Waals surface area contributed by atoms with Gasteiger partial charge in [0.2, 0.25) is 11.8 Å². The quantitative estimate of drug-likeness (QED) is 0.687. The SMILES string of the molecule is CCNc1ncc(F)c(OCCCO)n1. The summed E-state index contributed by atoms with van der Waals surface area (Å²) in [6.45, 7) is 2.78. The van der Waals surface area contributed by atoms with E-state index in [1.807, 2.05) is 6.92 Å². The van der Waals surface area contributed by atoms with Gasteiger partial charge in [-0.15, -0.1) is 0 Å². The Bertz CT molecular complexity index is 309. The molecule has 0 aromatic carbocycles. The third-order valence-corrected chi connectivity index (χ3v) is 1.59. The average molecular weight is 215 g/mol. The minimum atomic E-state index is -0.602. The van der Waals surface area contributed by atoms with Crippen molar-refractivity contribution in [3.05, 3.63) is 12.0 Å². The van der Waals surface area contributed by atoms with Crippen molar-refractivity contribution >= 4 is 5.95 Å². The zero-order valence-corrected chi connectivity index (χ0v) is 8.53. The Labute approximate surface area is 87.3 Å². The molecule has 1 heterocycles. The fourth-order valence-electron chi connectivity index (χ4n) is 0.929. The van der Waals surface area contributed by atoms with Crippen molar-refractivity contribution in [2.24, 2.45) is 0 Å². The zero-order valence-electron chi connectivity index (χ0n) is 8.53. The van der Waals surface area contributed by atoms with Crippen LogP contribution in [0.15, 0.2) is 6.20 Å². The number of hydrogen-bond acceptors (Lipinski definition) is 5. The number of anilines is 1. The van der Waals surface area contributed by atoms with Crippen LogP contribution in [0.4, 0.5) is 10.3 Å². The van der Waals surface area contributed by atoms with Gasteiger partial charge in [0, 0.05) is 19.6 Å². The van der Waals surface area contributed by atoms with Gasteiger partial charge < -0.3 is 15.2 Å². The Morgan fingerprint density at radius 1 is 1.60 bits per heavy atom. The Morgan fingerprint density at radius 3 is 3.07 bits per heavy atom. The molecule has 0 unspecified atom stereocenters. The van der Waals surface area contributed by atoms with Crippen molar-refractivity contribution in [3.63, 3.8) is 0 Å². The summed E-state index contributed by atoms with van der Waals surface area (Å²) in [5, 5.41) is 11.4. The van der Waals surface area contributed by atoms with Crippen LogP contribution in [-0.4, -0.2) is 34.8 Å². The average Bonchev–Trinajstić information content (AvgIpc) is 2.23. The molecule has 0 aliphatic rings. The Morgan fingerprint density at radius 2 is 2.40 bits per heavy atom. The molecule has 5 nitrogen and oxygen atoms in total. The lowest BCUT2D eigenvalue weighted by Crippen LogP contribution is -2.07. The summed E-state index contributed by atoms with van der Waals surface area (Å²) in [5.41, 5.74) is 0. The van der Waals surface area contributed by atoms with E-state index in [2.05, 4.69) is 15.3 Å². The first-order valence-electron chi connectivity index (χ1n) is 4.78. The molecular formula is C9H14FN3O2. The molecule has 0 aliphatic heterocycles. The number of aliphatic hydroxyl groups excluding tert-OH is 1. The number of aliphatic hydroxyl groups is 1. The van der Waals surface area contributed by atoms with Crippen LogP contribution in [0.1, 0.15) is 13.3 Å². The van der Waals surface area contributed by atoms with Gasteiger partial charge in [-0.3, -0.25) is 0 Å². The highest BCUT2D eigenvalue weighted by molar-refractivity contribution is 5.27. The predicted molar refractivity (Wildman–Crippen MR) is 53.4 cm³/mol. The van der Waals surface area contributed by atoms with Gasteiger partial charge in [-0.1, -0.05) is 0 Å². The number of rotatable bonds is 6. The van der Waals surface area contributed by atoms with Gasteiger partial charge in [0.15, 0.2) is 0 Å². The second-order valence-electron chi connectivity index (χ2n) is 2.80. The largest absolute Gasteiger partial charge is 0.475 e. The molecule has 15 heavy (non-hydrogen) atoms. The van der Waals surface area contributed by atoms with Crippen LogP contribution >= 0.6 is 0 Å². The Balaban J connectivity index is 2.63. The highest BCUT2D eigenvalue weighted by Crippen LogP contribution is 2.14. The topological polar surface area (TPSA) is 67.3 Å². The number of hydrogen-bond donors (Lipinski definition) is 2. The maximum Gasteiger partial charge on any atom is 0.255 e. The van der Waals surface area contributed by atoms with E-state index in [0.717, 1.165) is 6.20 Å². The van der Waals surface area contributed by atoms with Gasteiger partial charge in [0.05, 0.1) is 12.8 Å². The smallest absolute Gasteiger partial charge is 0.255 e. The minimum Gasteiger partial charge on any atom is -0.475 e. The van der Waals surface area contributed by atoms with Gasteiger partial charge in [-0.25, -0.2) is 4.98 Å². The molecule has 1 aromatic heterocycles. The number of halogens is 1. The zero-order chi connectivity index (χ0) is 11.1. The predicted octanol–water partition coefficient (Wildman–Crippen LogP) is 0.809. The second kappa shape index (κ2) is 6.13. The van der Waals surface area contributed by atoms with E-state index >= 15 is 0 Å². The van der Waals surface area contributed by atoms with Gasteiger partial charge in [0.25, 0.3) is 5.88 Å². The first-order chi connectivity index (χ1) is 7.27. The van der Waals surface area contributed by atoms with E-state index in [-0.39, 0.29) is 19.1 Å². The Kier molecular flexibility index (Phi) is 4.76. The number of aromatic nitrogens is 2. The lowest BCUT2D eigenvalue weighted by molar-refractivity contribution is 0.223. The first-order valence-corrected chi connectivity index (χ1v) is 4.78. The van der Waals surface area contributed by atoms with Crippen LogP contribution in [-0.2, 0) is 0 Å². The second-order valence-corrected chi connectivity index (χ2v) is 2.80. The molecule has 1 aromatic rings. The summed E-state index contributed by atoms with van der Waals surface area (Å²) in [7, 11) is 0. The highest BCUT2D eigenvalue weighted by atomic mass is 19.1. The van der Waals surface area contributed by atoms with Crippen LogP contribution < -0.4 is 10.1 Å². The van der Waals surface area contributed by atoms with E-state index in [1.54, 1.807) is 0 Å². The van der Waals surface area contributed by atoms with Crippen LogP contribution in [0.25, 0.3) is 0 Å². The van der Waals surface area contributed by atoms with Crippen LogP contribution in [0, 0.1) is 5.82 Å². The Hall–Kier alpha value is -1.43. The van der Waals surface area contributed by atoms with Crippen molar-refractivity contribution in [2.75, 3.05) is 25.1 Å². The highest BCUT2D eigenvalue weighted by Gasteiger charge is 2.07. The first kappa shape index (κ1) is 11.6. The fourth-order valence-corrected chi connectivity index (χ4v) is 0.929. The van der Waals surface area contributed by atoms with Gasteiger partial charge in [-0.05, 0) is 6.92 Å². The molecule has 0 aliphatic carbocycles. The molecule has 0 fully saturated rings. The molecule has 0 radical (unpaired) electrons. The van der Waals surface area contributed by atoms with Gasteiger partial charge in [0.1, 0.15) is 0 Å². The summed E-state index contributed by atoms with van der Waals surface area (Å²) in [6.07, 6.45) is 1.50. The molecule has 0 atom stereocenters. The molecule has 0 saturated heterocycles. The van der Waals surface area contributed by atoms with Crippen molar-refractivity contribution in [3.8, 4) is 5.88 Å². The van der Waals surface area contributed by atoms with E-state index in [4.69, 9.17) is 9.84 Å². The van der Waals surface area contributed by atoms with E-state index in [9.17, 15) is 4.39 Å². The van der Waals surface area contributed by atoms with E-state index < -0.39 is 5.82 Å². The third-order valence-electron chi connectivity index (χ3n) is 1.59. The monoisotopic (exact) mass is 215 g/mol. The van der Waals surface area contributed by atoms with Crippen molar-refractivity contribution in [1.82, 2.24) is 9.97 Å². The summed E-state index contributed by atoms with van der Waals surface area (Å²) < 4.78 is 18.1. The lowest BCUT2D eigenvalue weighted by Gasteiger charge is -2.06. The molecule has 1 rings (SSSR count). The normalized spacial score (nSPS) is 10.1. The molecule has 0 saturated carbocycles. The molecule has 0 bridgehead atoms. The number of ether oxygens (including phenoxy) is 1. The molecular weight excluding hydrogens is 201 g/mol. The van der Waals surface area contributed by atoms with Crippen molar-refractivity contribution in [2.45, 2.75) is 13.3 Å². The summed E-state index contributed by atoms with van der Waals surface area (Å²) >= 11 is 0. The number of nitrogens with one attached hydrogen (secondary N) is 1. The maximum atomic E-state index is 13.1. The van der Waals surface area contributed by atoms with Gasteiger partial charge in [-0.2, -0.15) is 9.37 Å². The maximum absolute atomic E-state index is 13.1. The summed E-state index contributed by atoms with van der Waals surface area (Å²) in [6, 6.07) is 0. The van der Waals surface area contributed by atoms with E-state index in [1.165, 1.54) is 0 Å². The summed E-state index contributed by atoms with van der Waals surface area (Å²) in [4.78, 5) is 7.56. The van der Waals surface area contributed by atoms with Crippen molar-refractivity contribution < 1.29 is 14.2 Å². The fraction of sp³-hybridized carbons (Fsp3) is 0.556. The third kappa shape index (κ3) is 3.67. The van der Waals surface area contributed by atoms with Crippen molar-refractivity contribution in [1.29, 1.82) is 0 Å². The minimum absolute atomic E-state index is 0.00672. The molecule has 84 valence electrons. The standard InChI is InChI=1S/C9H14FN3O2/c1-2-11-9-12-6-7(10)8(13-9)15-5-3-4-14/h6,14H,2-5H2,1H3,(H,11,12,13). The molecule has 6 heteroatoms. The number of nitrogens with zero attached hydrogens (tertiary/aromatic N) is 2. The van der Waals surface area contributed by atoms with Crippen LogP contribution in [0.3, 0.4) is 0 Å². The van der Waals surface area contributed by atoms with Crippen LogP contribution in [0.5, 0.6) is 5.88 Å². The molecule has 0 amide bonds. The van der Waals surface area contributed by atoms with Crippen LogP contribution in [0.2, 0.25) is 0 Å². The molecule has 0 spiro atoms. The lowest BCUT2D eigenvalue weighted by atomic mass is 10.5. The van der Waals surface area contributed by atoms with E-state index in [0.29, 0.717) is 18.9 Å². The summed E-state index contributed by atoms with van der Waals surface area (Å²) in [5.74, 6) is -0.359.